The standard InChI is InChI=1S/C16H15F2NO4/c1-3-23-16(21)15(22-2)14-11(17)6-10(7-12(14)18)9-4-5-19-13(20)8-9/h4-8,15H,3H2,1-2H3,(H,19,20). The first-order valence-corrected chi connectivity index (χ1v) is 6.85. The second-order valence-electron chi connectivity index (χ2n) is 4.66. The van der Waals surface area contributed by atoms with Gasteiger partial charge in [-0.2, -0.15) is 0 Å². The number of nitrogens with one attached hydrogen (secondary N) is 1. The molecule has 1 aromatic carbocycles. The predicted molar refractivity (Wildman–Crippen MR) is 78.8 cm³/mol. The lowest BCUT2D eigenvalue weighted by atomic mass is 10.0. The molecule has 1 aromatic heterocycles. The van der Waals surface area contributed by atoms with E-state index in [-0.39, 0.29) is 12.2 Å². The van der Waals surface area contributed by atoms with Crippen molar-refractivity contribution in [3.05, 3.63) is 58.0 Å². The van der Waals surface area contributed by atoms with E-state index in [9.17, 15) is 18.4 Å². The number of esters is 1. The number of hydrogen-bond acceptors (Lipinski definition) is 4. The molecular formula is C16H15F2NO4. The smallest absolute Gasteiger partial charge is 0.340 e. The summed E-state index contributed by atoms with van der Waals surface area (Å²) in [6.45, 7) is 1.64. The highest BCUT2D eigenvalue weighted by molar-refractivity contribution is 5.77. The molecule has 0 amide bonds. The van der Waals surface area contributed by atoms with Crippen molar-refractivity contribution in [2.24, 2.45) is 0 Å². The van der Waals surface area contributed by atoms with E-state index in [1.165, 1.54) is 18.3 Å². The van der Waals surface area contributed by atoms with Gasteiger partial charge < -0.3 is 14.5 Å². The van der Waals surface area contributed by atoms with E-state index in [2.05, 4.69) is 4.98 Å². The monoisotopic (exact) mass is 323 g/mol. The lowest BCUT2D eigenvalue weighted by Gasteiger charge is -2.16. The number of benzene rings is 1. The number of rotatable bonds is 5. The van der Waals surface area contributed by atoms with E-state index in [1.807, 2.05) is 0 Å². The molecule has 0 radical (unpaired) electrons. The Kier molecular flexibility index (Phi) is 5.23. The maximum Gasteiger partial charge on any atom is 0.340 e. The van der Waals surface area contributed by atoms with Crippen molar-refractivity contribution in [1.29, 1.82) is 0 Å². The Balaban J connectivity index is 2.48. The second kappa shape index (κ2) is 7.15. The summed E-state index contributed by atoms with van der Waals surface area (Å²) in [6.07, 6.45) is -0.124. The summed E-state index contributed by atoms with van der Waals surface area (Å²) in [5, 5.41) is 0. The van der Waals surface area contributed by atoms with E-state index in [0.29, 0.717) is 5.56 Å². The first kappa shape index (κ1) is 16.8. The van der Waals surface area contributed by atoms with Crippen molar-refractivity contribution in [3.63, 3.8) is 0 Å². The molecule has 0 aliphatic heterocycles. The number of aromatic nitrogens is 1. The van der Waals surface area contributed by atoms with Gasteiger partial charge in [-0.1, -0.05) is 0 Å². The Bertz CT molecular complexity index is 750. The zero-order valence-corrected chi connectivity index (χ0v) is 12.6. The van der Waals surface area contributed by atoms with Crippen LogP contribution in [0.2, 0.25) is 0 Å². The average molecular weight is 323 g/mol. The minimum Gasteiger partial charge on any atom is -0.464 e. The molecule has 2 rings (SSSR count). The van der Waals surface area contributed by atoms with Crippen LogP contribution in [0, 0.1) is 11.6 Å². The van der Waals surface area contributed by atoms with Gasteiger partial charge in [-0.05, 0) is 36.2 Å². The summed E-state index contributed by atoms with van der Waals surface area (Å²) in [4.78, 5) is 25.5. The van der Waals surface area contributed by atoms with E-state index in [0.717, 1.165) is 19.2 Å². The average Bonchev–Trinajstić information content (AvgIpc) is 2.50. The summed E-state index contributed by atoms with van der Waals surface area (Å²) >= 11 is 0. The Morgan fingerprint density at radius 1 is 1.22 bits per heavy atom. The molecule has 0 saturated heterocycles. The first-order valence-electron chi connectivity index (χ1n) is 6.85. The van der Waals surface area contributed by atoms with Crippen molar-refractivity contribution in [2.75, 3.05) is 13.7 Å². The van der Waals surface area contributed by atoms with Crippen LogP contribution in [0.15, 0.2) is 35.3 Å². The number of pyridine rings is 1. The summed E-state index contributed by atoms with van der Waals surface area (Å²) in [5.41, 5.74) is -0.398. The Morgan fingerprint density at radius 3 is 2.39 bits per heavy atom. The minimum absolute atomic E-state index is 0.0623. The third-order valence-electron chi connectivity index (χ3n) is 3.19. The van der Waals surface area contributed by atoms with Gasteiger partial charge in [0.1, 0.15) is 11.6 Å². The summed E-state index contributed by atoms with van der Waals surface area (Å²) < 4.78 is 38.3. The zero-order chi connectivity index (χ0) is 17.0. The molecule has 0 aliphatic rings. The summed E-state index contributed by atoms with van der Waals surface area (Å²) in [5.74, 6) is -2.79. The lowest BCUT2D eigenvalue weighted by Crippen LogP contribution is -2.20. The first-order chi connectivity index (χ1) is 11.0. The van der Waals surface area contributed by atoms with Gasteiger partial charge in [0.2, 0.25) is 5.56 Å². The molecular weight excluding hydrogens is 308 g/mol. The van der Waals surface area contributed by atoms with E-state index >= 15 is 0 Å². The fourth-order valence-corrected chi connectivity index (χ4v) is 2.18. The number of carbonyl (C=O) groups excluding carboxylic acids is 1. The van der Waals surface area contributed by atoms with Gasteiger partial charge in [-0.15, -0.1) is 0 Å². The fraction of sp³-hybridized carbons (Fsp3) is 0.250. The molecule has 0 fully saturated rings. The molecule has 1 unspecified atom stereocenters. The van der Waals surface area contributed by atoms with Crippen molar-refractivity contribution < 1.29 is 23.0 Å². The van der Waals surface area contributed by atoms with Crippen LogP contribution in [0.5, 0.6) is 0 Å². The Labute approximate surface area is 130 Å². The van der Waals surface area contributed by atoms with E-state index in [1.54, 1.807) is 6.92 Å². The topological polar surface area (TPSA) is 68.4 Å². The molecule has 0 spiro atoms. The molecule has 1 atom stereocenters. The Hall–Kier alpha value is -2.54. The molecule has 0 saturated carbocycles. The number of carbonyl (C=O) groups is 1. The van der Waals surface area contributed by atoms with Crippen LogP contribution >= 0.6 is 0 Å². The normalized spacial score (nSPS) is 12.0. The van der Waals surface area contributed by atoms with Crippen molar-refractivity contribution in [1.82, 2.24) is 4.98 Å². The molecule has 0 aliphatic carbocycles. The van der Waals surface area contributed by atoms with Gasteiger partial charge in [-0.25, -0.2) is 13.6 Å². The highest BCUT2D eigenvalue weighted by Crippen LogP contribution is 2.29. The largest absolute Gasteiger partial charge is 0.464 e. The molecule has 2 aromatic rings. The van der Waals surface area contributed by atoms with Crippen molar-refractivity contribution in [3.8, 4) is 11.1 Å². The van der Waals surface area contributed by atoms with Gasteiger partial charge in [-0.3, -0.25) is 4.79 Å². The number of H-pyrrole nitrogens is 1. The van der Waals surface area contributed by atoms with Crippen LogP contribution < -0.4 is 5.56 Å². The molecule has 122 valence electrons. The molecule has 1 heterocycles. The van der Waals surface area contributed by atoms with Crippen LogP contribution in [0.1, 0.15) is 18.6 Å². The third-order valence-corrected chi connectivity index (χ3v) is 3.19. The highest BCUT2D eigenvalue weighted by Gasteiger charge is 2.28. The SMILES string of the molecule is CCOC(=O)C(OC)c1c(F)cc(-c2cc[nH]c(=O)c2)cc1F. The number of methoxy groups -OCH3 is 1. The van der Waals surface area contributed by atoms with Crippen molar-refractivity contribution >= 4 is 5.97 Å². The van der Waals surface area contributed by atoms with E-state index < -0.39 is 34.8 Å². The minimum atomic E-state index is -1.50. The van der Waals surface area contributed by atoms with Gasteiger partial charge >= 0.3 is 5.97 Å². The Morgan fingerprint density at radius 2 is 1.87 bits per heavy atom. The number of ether oxygens (including phenoxy) is 2. The fourth-order valence-electron chi connectivity index (χ4n) is 2.18. The van der Waals surface area contributed by atoms with Crippen LogP contribution in [-0.4, -0.2) is 24.7 Å². The molecule has 23 heavy (non-hydrogen) atoms. The van der Waals surface area contributed by atoms with Gasteiger partial charge in [0.15, 0.2) is 6.10 Å². The maximum absolute atomic E-state index is 14.3. The molecule has 0 bridgehead atoms. The number of hydrogen-bond donors (Lipinski definition) is 1. The summed E-state index contributed by atoms with van der Waals surface area (Å²) in [7, 11) is 1.16. The van der Waals surface area contributed by atoms with Crippen LogP contribution in [0.4, 0.5) is 8.78 Å². The lowest BCUT2D eigenvalue weighted by molar-refractivity contribution is -0.155. The summed E-state index contributed by atoms with van der Waals surface area (Å²) in [6, 6.07) is 4.80. The molecule has 1 N–H and O–H groups in total. The molecule has 5 nitrogen and oxygen atoms in total. The molecule has 7 heteroatoms. The van der Waals surface area contributed by atoms with Gasteiger partial charge in [0.25, 0.3) is 0 Å². The zero-order valence-electron chi connectivity index (χ0n) is 12.6. The van der Waals surface area contributed by atoms with E-state index in [4.69, 9.17) is 9.47 Å². The second-order valence-corrected chi connectivity index (χ2v) is 4.66. The van der Waals surface area contributed by atoms with Crippen LogP contribution in [-0.2, 0) is 14.3 Å². The third kappa shape index (κ3) is 3.62. The number of halogens is 2. The van der Waals surface area contributed by atoms with Gasteiger partial charge in [0, 0.05) is 19.4 Å². The van der Waals surface area contributed by atoms with Crippen LogP contribution in [0.25, 0.3) is 11.1 Å². The quantitative estimate of drug-likeness (QED) is 0.859. The maximum atomic E-state index is 14.3. The predicted octanol–water partition coefficient (Wildman–Crippen LogP) is 2.57. The number of aromatic amines is 1. The van der Waals surface area contributed by atoms with Crippen LogP contribution in [0.3, 0.4) is 0 Å². The van der Waals surface area contributed by atoms with Gasteiger partial charge in [0.05, 0.1) is 12.2 Å². The highest BCUT2D eigenvalue weighted by atomic mass is 19.1. The van der Waals surface area contributed by atoms with Crippen molar-refractivity contribution in [2.45, 2.75) is 13.0 Å².